The van der Waals surface area contributed by atoms with Gasteiger partial charge in [-0.3, -0.25) is 0 Å². The minimum Gasteiger partial charge on any atom is -0.373 e. The molecule has 0 radical (unpaired) electrons. The highest BCUT2D eigenvalue weighted by atomic mass is 16.5. The molecule has 116 valence electrons. The highest BCUT2D eigenvalue weighted by Gasteiger charge is 3.02. The molecule has 0 unspecified atom stereocenters. The minimum absolute atomic E-state index is 0.413. The quantitative estimate of drug-likeness (QED) is 0.663. The van der Waals surface area contributed by atoms with Gasteiger partial charge in [0.05, 0.1) is 12.2 Å². The number of rotatable bonds is 0. The van der Waals surface area contributed by atoms with Crippen LogP contribution in [-0.4, -0.2) is 12.2 Å². The normalized spacial score (nSPS) is 88.0. The van der Waals surface area contributed by atoms with Crippen molar-refractivity contribution in [2.45, 2.75) is 44.6 Å². The van der Waals surface area contributed by atoms with E-state index in [1.165, 1.54) is 18.4 Å². The van der Waals surface area contributed by atoms with Crippen LogP contribution in [0.15, 0.2) is 0 Å². The third-order valence-corrected chi connectivity index (χ3v) is 12.4. The van der Waals surface area contributed by atoms with Gasteiger partial charge in [-0.1, -0.05) is 13.3 Å². The molecule has 2 spiro atoms. The maximum atomic E-state index is 6.86. The topological polar surface area (TPSA) is 9.23 Å². The van der Waals surface area contributed by atoms with E-state index in [0.29, 0.717) is 16.4 Å². The molecule has 8 aliphatic rings. The van der Waals surface area contributed by atoms with Crippen molar-refractivity contribution < 1.29 is 4.74 Å². The average Bonchev–Trinajstić information content (AvgIpc) is 3.18. The summed E-state index contributed by atoms with van der Waals surface area (Å²) in [5, 5.41) is 0. The molecule has 0 N–H and O–H groups in total. The maximum absolute atomic E-state index is 6.86. The second kappa shape index (κ2) is 2.49. The van der Waals surface area contributed by atoms with E-state index in [4.69, 9.17) is 4.74 Å². The third kappa shape index (κ3) is 0.553. The number of ether oxygens (including phenoxy) is 1. The fraction of sp³-hybridized carbons (Fsp3) is 1.00. The smallest absolute Gasteiger partial charge is 0.0856 e. The van der Waals surface area contributed by atoms with Crippen LogP contribution in [0.4, 0.5) is 0 Å². The largest absolute Gasteiger partial charge is 0.373 e. The van der Waals surface area contributed by atoms with Crippen LogP contribution in [0, 0.1) is 75.9 Å². The minimum atomic E-state index is 0.413. The van der Waals surface area contributed by atoms with Crippen molar-refractivity contribution in [1.29, 1.82) is 0 Å². The Morgan fingerprint density at radius 2 is 1.55 bits per heavy atom. The lowest BCUT2D eigenvalue weighted by Gasteiger charge is -2.73. The van der Waals surface area contributed by atoms with Gasteiger partial charge in [0.2, 0.25) is 0 Å². The molecular formula is C21H26O. The summed E-state index contributed by atoms with van der Waals surface area (Å²) in [5.41, 5.74) is 1.75. The highest BCUT2D eigenvalue weighted by Crippen LogP contribution is 3.01. The summed E-state index contributed by atoms with van der Waals surface area (Å²) in [5.74, 6) is 12.4. The Hall–Kier alpha value is -0.0400. The first-order valence-corrected chi connectivity index (χ1v) is 10.4. The van der Waals surface area contributed by atoms with E-state index in [0.717, 1.165) is 53.3 Å². The Morgan fingerprint density at radius 1 is 0.773 bits per heavy atom. The first-order valence-electron chi connectivity index (χ1n) is 10.4. The van der Waals surface area contributed by atoms with Crippen LogP contribution >= 0.6 is 0 Å². The second-order valence-electron chi connectivity index (χ2n) is 11.3. The van der Waals surface area contributed by atoms with E-state index in [9.17, 15) is 0 Å². The summed E-state index contributed by atoms with van der Waals surface area (Å²) in [7, 11) is 0. The summed E-state index contributed by atoms with van der Waals surface area (Å²) in [6, 6.07) is 0. The molecule has 1 nitrogen and oxygen atoms in total. The van der Waals surface area contributed by atoms with Crippen LogP contribution in [0.2, 0.25) is 0 Å². The molecule has 0 aromatic heterocycles. The predicted octanol–water partition coefficient (Wildman–Crippen LogP) is 3.59. The third-order valence-electron chi connectivity index (χ3n) is 12.4. The SMILES string of the molecule is C[C@]12[C@@H]3[C@H]4[C@@H]5[C@H]1[C@@H]1CCC[C@@H]1[C@H]5[C@]15CO[C@@]21[C@@H]1CC[C@H]([C@@H]31)[C@@H]45. The van der Waals surface area contributed by atoms with Gasteiger partial charge in [0.25, 0.3) is 0 Å². The summed E-state index contributed by atoms with van der Waals surface area (Å²) in [6.45, 7) is 3.99. The molecule has 1 heterocycles. The molecule has 1 heteroatoms. The number of fused-ring (bicyclic) bond motifs is 10. The van der Waals surface area contributed by atoms with E-state index in [1.54, 1.807) is 32.1 Å². The van der Waals surface area contributed by atoms with E-state index in [2.05, 4.69) is 6.92 Å². The van der Waals surface area contributed by atoms with Crippen LogP contribution in [0.1, 0.15) is 39.0 Å². The Labute approximate surface area is 132 Å². The van der Waals surface area contributed by atoms with Crippen LogP contribution in [0.5, 0.6) is 0 Å². The molecule has 0 bridgehead atoms. The summed E-state index contributed by atoms with van der Waals surface area (Å²) in [4.78, 5) is 0. The molecule has 0 aromatic carbocycles. The van der Waals surface area contributed by atoms with Crippen molar-refractivity contribution >= 4 is 0 Å². The fourth-order valence-electron chi connectivity index (χ4n) is 13.5. The van der Waals surface area contributed by atoms with E-state index < -0.39 is 0 Å². The Bertz CT molecular complexity index is 683. The molecule has 7 aliphatic carbocycles. The van der Waals surface area contributed by atoms with Crippen molar-refractivity contribution in [3.05, 3.63) is 0 Å². The van der Waals surface area contributed by atoms with E-state index >= 15 is 0 Å². The van der Waals surface area contributed by atoms with Gasteiger partial charge in [0.1, 0.15) is 0 Å². The van der Waals surface area contributed by atoms with E-state index in [1.807, 2.05) is 0 Å². The summed E-state index contributed by atoms with van der Waals surface area (Å²) >= 11 is 0. The van der Waals surface area contributed by atoms with Gasteiger partial charge in [0.15, 0.2) is 0 Å². The van der Waals surface area contributed by atoms with Crippen LogP contribution < -0.4 is 0 Å². The molecule has 8 fully saturated rings. The Morgan fingerprint density at radius 3 is 2.36 bits per heavy atom. The molecule has 1 aliphatic heterocycles. The maximum Gasteiger partial charge on any atom is 0.0856 e. The monoisotopic (exact) mass is 294 g/mol. The average molecular weight is 294 g/mol. The summed E-state index contributed by atoms with van der Waals surface area (Å²) < 4.78 is 6.86. The predicted molar refractivity (Wildman–Crippen MR) is 80.7 cm³/mol. The van der Waals surface area contributed by atoms with Gasteiger partial charge in [-0.05, 0) is 90.8 Å². The molecule has 22 heavy (non-hydrogen) atoms. The first kappa shape index (κ1) is 10.7. The number of hydrogen-bond donors (Lipinski definition) is 0. The van der Waals surface area contributed by atoms with Crippen molar-refractivity contribution in [3.63, 3.8) is 0 Å². The molecule has 1 saturated heterocycles. The van der Waals surface area contributed by atoms with Crippen molar-refractivity contribution in [2.24, 2.45) is 75.9 Å². The standard InChI is InChI=1S/C21H26O/c1-19-15-8-3-2-4-9(8)16-13(15)14-17-10-5-6-11(12(10)18(14)19)21(19)20(16,17)7-22-21/h8-18H,2-7H2,1H3/t8-,9+,10-,11-,12-,13-,14+,15-,16-,17+,18+,19-,20+,21+/m1/s1. The van der Waals surface area contributed by atoms with Gasteiger partial charge in [-0.15, -0.1) is 0 Å². The zero-order valence-corrected chi connectivity index (χ0v) is 13.5. The van der Waals surface area contributed by atoms with Gasteiger partial charge in [0, 0.05) is 10.8 Å². The first-order chi connectivity index (χ1) is 10.8. The van der Waals surface area contributed by atoms with Crippen LogP contribution in [-0.2, 0) is 4.74 Å². The van der Waals surface area contributed by atoms with Gasteiger partial charge in [-0.2, -0.15) is 0 Å². The molecular weight excluding hydrogens is 268 g/mol. The van der Waals surface area contributed by atoms with Gasteiger partial charge >= 0.3 is 0 Å². The lowest BCUT2D eigenvalue weighted by molar-refractivity contribution is -0.387. The van der Waals surface area contributed by atoms with Crippen LogP contribution in [0.3, 0.4) is 0 Å². The van der Waals surface area contributed by atoms with Gasteiger partial charge in [-0.25, -0.2) is 0 Å². The van der Waals surface area contributed by atoms with Crippen molar-refractivity contribution in [3.8, 4) is 0 Å². The second-order valence-corrected chi connectivity index (χ2v) is 11.3. The van der Waals surface area contributed by atoms with Gasteiger partial charge < -0.3 is 4.74 Å². The zero-order valence-electron chi connectivity index (χ0n) is 13.5. The molecule has 7 saturated carbocycles. The highest BCUT2D eigenvalue weighted by molar-refractivity contribution is 5.49. The lowest BCUT2D eigenvalue weighted by Crippen LogP contribution is -2.79. The Kier molecular flexibility index (Phi) is 1.21. The molecule has 0 amide bonds. The molecule has 0 aromatic rings. The fourth-order valence-corrected chi connectivity index (χ4v) is 13.5. The van der Waals surface area contributed by atoms with E-state index in [-0.39, 0.29) is 0 Å². The Balaban J connectivity index is 1.48. The van der Waals surface area contributed by atoms with Crippen molar-refractivity contribution in [2.75, 3.05) is 6.61 Å². The van der Waals surface area contributed by atoms with Crippen LogP contribution in [0.25, 0.3) is 0 Å². The number of hydrogen-bond acceptors (Lipinski definition) is 1. The summed E-state index contributed by atoms with van der Waals surface area (Å²) in [6.07, 6.45) is 7.89. The van der Waals surface area contributed by atoms with Crippen molar-refractivity contribution in [1.82, 2.24) is 0 Å². The lowest BCUT2D eigenvalue weighted by atomic mass is 9.40. The zero-order chi connectivity index (χ0) is 13.8. The molecule has 14 atom stereocenters. The molecule has 8 rings (SSSR count).